The lowest BCUT2D eigenvalue weighted by Crippen LogP contribution is -2.38. The Morgan fingerprint density at radius 2 is 1.75 bits per heavy atom. The molecule has 0 heterocycles. The van der Waals surface area contributed by atoms with Gasteiger partial charge in [-0.05, 0) is 54.6 Å². The van der Waals surface area contributed by atoms with Crippen LogP contribution in [-0.4, -0.2) is 32.9 Å². The van der Waals surface area contributed by atoms with Crippen molar-refractivity contribution in [2.75, 3.05) is 23.3 Å². The number of rotatable bonds is 8. The van der Waals surface area contributed by atoms with Gasteiger partial charge in [0.1, 0.15) is 18.1 Å². The van der Waals surface area contributed by atoms with Crippen molar-refractivity contribution in [2.24, 2.45) is 0 Å². The number of ether oxygens (including phenoxy) is 1. The number of non-ortho nitro benzene ring substituents is 1. The average molecular weight is 459 g/mol. The molecule has 166 valence electrons. The summed E-state index contributed by atoms with van der Waals surface area (Å²) in [4.78, 5) is 22.8. The monoisotopic (exact) mass is 459 g/mol. The third-order valence-corrected chi connectivity index (χ3v) is 6.18. The maximum atomic E-state index is 13.4. The fourth-order valence-corrected chi connectivity index (χ4v) is 4.25. The van der Waals surface area contributed by atoms with Gasteiger partial charge in [0.25, 0.3) is 15.7 Å². The van der Waals surface area contributed by atoms with Gasteiger partial charge in [-0.25, -0.2) is 12.8 Å². The van der Waals surface area contributed by atoms with Crippen LogP contribution < -0.4 is 14.4 Å². The smallest absolute Gasteiger partial charge is 0.271 e. The Kier molecular flexibility index (Phi) is 6.69. The van der Waals surface area contributed by atoms with Gasteiger partial charge in [0.15, 0.2) is 0 Å². The number of sulfonamides is 1. The lowest BCUT2D eigenvalue weighted by Gasteiger charge is -2.24. The van der Waals surface area contributed by atoms with E-state index in [9.17, 15) is 27.7 Å². The van der Waals surface area contributed by atoms with Gasteiger partial charge in [-0.2, -0.15) is 0 Å². The van der Waals surface area contributed by atoms with E-state index < -0.39 is 33.2 Å². The van der Waals surface area contributed by atoms with Gasteiger partial charge in [-0.3, -0.25) is 19.2 Å². The Morgan fingerprint density at radius 3 is 2.34 bits per heavy atom. The molecule has 0 unspecified atom stereocenters. The SMILES string of the molecule is COc1ccc(S(=O)(=O)N(CC(=O)Nc2cccc([N+](=O)[O-])c2)c2ccc(F)cc2)cc1. The minimum absolute atomic E-state index is 0.0661. The molecule has 0 aliphatic heterocycles. The molecule has 1 amide bonds. The van der Waals surface area contributed by atoms with E-state index in [-0.39, 0.29) is 22.0 Å². The lowest BCUT2D eigenvalue weighted by atomic mass is 10.3. The van der Waals surface area contributed by atoms with Gasteiger partial charge in [-0.15, -0.1) is 0 Å². The van der Waals surface area contributed by atoms with E-state index in [1.54, 1.807) is 0 Å². The summed E-state index contributed by atoms with van der Waals surface area (Å²) < 4.78 is 45.8. The number of halogens is 1. The molecular formula is C21H18FN3O6S. The molecule has 0 aliphatic carbocycles. The molecule has 3 aromatic rings. The van der Waals surface area contributed by atoms with Gasteiger partial charge >= 0.3 is 0 Å². The van der Waals surface area contributed by atoms with Crippen LogP contribution in [0.4, 0.5) is 21.5 Å². The Labute approximate surface area is 183 Å². The van der Waals surface area contributed by atoms with Crippen LogP contribution in [0.5, 0.6) is 5.75 Å². The minimum Gasteiger partial charge on any atom is -0.497 e. The van der Waals surface area contributed by atoms with Gasteiger partial charge < -0.3 is 10.1 Å². The fourth-order valence-electron chi connectivity index (χ4n) is 2.83. The Balaban J connectivity index is 1.92. The van der Waals surface area contributed by atoms with Crippen LogP contribution >= 0.6 is 0 Å². The number of nitrogens with zero attached hydrogens (tertiary/aromatic N) is 2. The highest BCUT2D eigenvalue weighted by Gasteiger charge is 2.27. The summed E-state index contributed by atoms with van der Waals surface area (Å²) >= 11 is 0. The second-order valence-electron chi connectivity index (χ2n) is 6.52. The number of carbonyl (C=O) groups excluding carboxylic acids is 1. The van der Waals surface area contributed by atoms with Crippen molar-refractivity contribution in [1.29, 1.82) is 0 Å². The van der Waals surface area contributed by atoms with Gasteiger partial charge in [0.2, 0.25) is 5.91 Å². The van der Waals surface area contributed by atoms with Crippen LogP contribution in [-0.2, 0) is 14.8 Å². The molecule has 0 spiro atoms. The maximum Gasteiger partial charge on any atom is 0.271 e. The number of carbonyl (C=O) groups is 1. The topological polar surface area (TPSA) is 119 Å². The number of nitro benzene ring substituents is 1. The molecule has 3 aromatic carbocycles. The molecule has 0 aliphatic rings. The van der Waals surface area contributed by atoms with E-state index in [4.69, 9.17) is 4.74 Å². The predicted octanol–water partition coefficient (Wildman–Crippen LogP) is 3.58. The zero-order valence-corrected chi connectivity index (χ0v) is 17.6. The number of anilines is 2. The number of hydrogen-bond donors (Lipinski definition) is 1. The molecule has 32 heavy (non-hydrogen) atoms. The van der Waals surface area contributed by atoms with E-state index in [1.807, 2.05) is 0 Å². The molecule has 0 bridgehead atoms. The Morgan fingerprint density at radius 1 is 1.09 bits per heavy atom. The van der Waals surface area contributed by atoms with Crippen LogP contribution in [0.1, 0.15) is 0 Å². The van der Waals surface area contributed by atoms with Crippen LogP contribution in [0, 0.1) is 15.9 Å². The molecule has 1 N–H and O–H groups in total. The highest BCUT2D eigenvalue weighted by Crippen LogP contribution is 2.26. The number of benzene rings is 3. The molecule has 11 heteroatoms. The van der Waals surface area contributed by atoms with Crippen molar-refractivity contribution < 1.29 is 27.3 Å². The fraction of sp³-hybridized carbons (Fsp3) is 0.0952. The van der Waals surface area contributed by atoms with Crippen molar-refractivity contribution in [3.05, 3.63) is 88.7 Å². The van der Waals surface area contributed by atoms with E-state index >= 15 is 0 Å². The van der Waals surface area contributed by atoms with Crippen molar-refractivity contribution in [1.82, 2.24) is 0 Å². The van der Waals surface area contributed by atoms with Crippen molar-refractivity contribution in [2.45, 2.75) is 4.90 Å². The van der Waals surface area contributed by atoms with Gasteiger partial charge in [0.05, 0.1) is 22.6 Å². The first-order valence-electron chi connectivity index (χ1n) is 9.17. The number of hydrogen-bond acceptors (Lipinski definition) is 6. The van der Waals surface area contributed by atoms with E-state index in [1.165, 1.54) is 61.7 Å². The molecular weight excluding hydrogens is 441 g/mol. The number of methoxy groups -OCH3 is 1. The summed E-state index contributed by atoms with van der Waals surface area (Å²) in [5.41, 5.74) is -0.0365. The van der Waals surface area contributed by atoms with Crippen molar-refractivity contribution in [3.8, 4) is 5.75 Å². The number of nitro groups is 1. The van der Waals surface area contributed by atoms with Crippen LogP contribution in [0.3, 0.4) is 0 Å². The third-order valence-electron chi connectivity index (χ3n) is 4.39. The normalized spacial score (nSPS) is 10.9. The molecule has 0 radical (unpaired) electrons. The van der Waals surface area contributed by atoms with E-state index in [0.717, 1.165) is 22.5 Å². The van der Waals surface area contributed by atoms with Crippen LogP contribution in [0.15, 0.2) is 77.7 Å². The molecule has 0 atom stereocenters. The minimum atomic E-state index is -4.21. The predicted molar refractivity (Wildman–Crippen MR) is 116 cm³/mol. The summed E-state index contributed by atoms with van der Waals surface area (Å²) in [7, 11) is -2.78. The Hall–Kier alpha value is -3.99. The van der Waals surface area contributed by atoms with E-state index in [0.29, 0.717) is 5.75 Å². The summed E-state index contributed by atoms with van der Waals surface area (Å²) in [5.74, 6) is -0.871. The lowest BCUT2D eigenvalue weighted by molar-refractivity contribution is -0.384. The molecule has 0 aromatic heterocycles. The molecule has 9 nitrogen and oxygen atoms in total. The second-order valence-corrected chi connectivity index (χ2v) is 8.38. The largest absolute Gasteiger partial charge is 0.497 e. The van der Waals surface area contributed by atoms with Crippen LogP contribution in [0.25, 0.3) is 0 Å². The highest BCUT2D eigenvalue weighted by molar-refractivity contribution is 7.92. The summed E-state index contributed by atoms with van der Waals surface area (Å²) in [6.07, 6.45) is 0. The second kappa shape index (κ2) is 9.43. The summed E-state index contributed by atoms with van der Waals surface area (Å²) in [5, 5.41) is 13.4. The average Bonchev–Trinajstić information content (AvgIpc) is 2.78. The number of amides is 1. The van der Waals surface area contributed by atoms with Gasteiger partial charge in [-0.1, -0.05) is 6.07 Å². The molecule has 0 saturated carbocycles. The highest BCUT2D eigenvalue weighted by atomic mass is 32.2. The van der Waals surface area contributed by atoms with Gasteiger partial charge in [0, 0.05) is 17.8 Å². The Bertz CT molecular complexity index is 1230. The molecule has 0 fully saturated rings. The first-order chi connectivity index (χ1) is 15.2. The molecule has 3 rings (SSSR count). The van der Waals surface area contributed by atoms with Crippen LogP contribution in [0.2, 0.25) is 0 Å². The quantitative estimate of drug-likeness (QED) is 0.406. The standard InChI is InChI=1S/C21H18FN3O6S/c1-31-19-9-11-20(12-10-19)32(29,30)24(17-7-5-15(22)6-8-17)14-21(26)23-16-3-2-4-18(13-16)25(27)28/h2-13H,14H2,1H3,(H,23,26). The summed E-state index contributed by atoms with van der Waals surface area (Å²) in [6.45, 7) is -0.650. The maximum absolute atomic E-state index is 13.4. The number of nitrogens with one attached hydrogen (secondary N) is 1. The summed E-state index contributed by atoms with van der Waals surface area (Å²) in [6, 6.07) is 15.4. The van der Waals surface area contributed by atoms with E-state index in [2.05, 4.69) is 5.32 Å². The first-order valence-corrected chi connectivity index (χ1v) is 10.6. The van der Waals surface area contributed by atoms with Crippen molar-refractivity contribution in [3.63, 3.8) is 0 Å². The first kappa shape index (κ1) is 22.7. The zero-order valence-electron chi connectivity index (χ0n) is 16.8. The molecule has 0 saturated heterocycles. The van der Waals surface area contributed by atoms with Crippen molar-refractivity contribution >= 4 is 33.0 Å². The third kappa shape index (κ3) is 5.19. The zero-order chi connectivity index (χ0) is 23.3.